The molecule has 0 spiro atoms. The smallest absolute Gasteiger partial charge is 0.0681 e. The van der Waals surface area contributed by atoms with Crippen LogP contribution in [0.15, 0.2) is 36.4 Å². The maximum Gasteiger partial charge on any atom is 0.0681 e. The van der Waals surface area contributed by atoms with Crippen LogP contribution in [0.25, 0.3) is 0 Å². The summed E-state index contributed by atoms with van der Waals surface area (Å²) in [7, 11) is 0. The molecule has 0 saturated carbocycles. The van der Waals surface area contributed by atoms with Gasteiger partial charge in [-0.15, -0.1) is 12.4 Å². The molecule has 0 aromatic heterocycles. The molecule has 0 fully saturated rings. The fraction of sp³-hybridized carbons (Fsp3) is 0.385. The van der Waals surface area contributed by atoms with Crippen LogP contribution in [0.2, 0.25) is 0 Å². The minimum Gasteiger partial charge on any atom is -0.392 e. The third-order valence-corrected chi connectivity index (χ3v) is 2.75. The fourth-order valence-corrected chi connectivity index (χ4v) is 1.84. The highest BCUT2D eigenvalue weighted by molar-refractivity contribution is 5.85. The van der Waals surface area contributed by atoms with E-state index < -0.39 is 0 Å². The van der Waals surface area contributed by atoms with Crippen LogP contribution < -0.4 is 0 Å². The largest absolute Gasteiger partial charge is 0.392 e. The first kappa shape index (κ1) is 13.2. The number of halogens is 1. The summed E-state index contributed by atoms with van der Waals surface area (Å²) in [5.74, 6) is 0. The monoisotopic (exact) mass is 239 g/mol. The van der Waals surface area contributed by atoms with Gasteiger partial charge in [-0.2, -0.15) is 0 Å². The Morgan fingerprint density at radius 3 is 2.31 bits per heavy atom. The molecule has 16 heavy (non-hydrogen) atoms. The number of hydrogen-bond acceptors (Lipinski definition) is 2. The first-order valence-corrected chi connectivity index (χ1v) is 5.44. The van der Waals surface area contributed by atoms with Gasteiger partial charge in [0, 0.05) is 19.6 Å². The van der Waals surface area contributed by atoms with E-state index in [1.807, 2.05) is 12.1 Å². The maximum absolute atomic E-state index is 8.93. The summed E-state index contributed by atoms with van der Waals surface area (Å²) in [6.07, 6.45) is 5.63. The molecule has 1 N–H and O–H groups in total. The summed E-state index contributed by atoms with van der Waals surface area (Å²) >= 11 is 0. The predicted octanol–water partition coefficient (Wildman–Crippen LogP) is 2.36. The molecule has 1 aliphatic heterocycles. The molecular formula is C13H18ClNO. The summed E-state index contributed by atoms with van der Waals surface area (Å²) in [5.41, 5.74) is 2.31. The van der Waals surface area contributed by atoms with Crippen LogP contribution in [0.4, 0.5) is 0 Å². The molecule has 0 amide bonds. The van der Waals surface area contributed by atoms with Gasteiger partial charge in [-0.1, -0.05) is 36.4 Å². The van der Waals surface area contributed by atoms with Crippen molar-refractivity contribution in [2.45, 2.75) is 19.6 Å². The van der Waals surface area contributed by atoms with Crippen LogP contribution in [0.1, 0.15) is 17.5 Å². The molecule has 1 aliphatic rings. The number of hydrogen-bond donors (Lipinski definition) is 1. The SMILES string of the molecule is Cl.OCc1ccc(CN2CC=CCC2)cc1. The molecule has 1 aromatic rings. The Labute approximate surface area is 103 Å². The van der Waals surface area contributed by atoms with Crippen molar-refractivity contribution in [3.05, 3.63) is 47.5 Å². The van der Waals surface area contributed by atoms with Gasteiger partial charge in [-0.05, 0) is 17.5 Å². The van der Waals surface area contributed by atoms with Gasteiger partial charge in [0.05, 0.1) is 6.61 Å². The fourth-order valence-electron chi connectivity index (χ4n) is 1.84. The number of rotatable bonds is 3. The quantitative estimate of drug-likeness (QED) is 0.819. The third kappa shape index (κ3) is 3.63. The van der Waals surface area contributed by atoms with Crippen molar-refractivity contribution in [3.63, 3.8) is 0 Å². The molecule has 1 heterocycles. The van der Waals surface area contributed by atoms with Crippen LogP contribution in [0, 0.1) is 0 Å². The molecule has 1 aromatic carbocycles. The molecule has 2 rings (SSSR count). The molecule has 2 nitrogen and oxygen atoms in total. The van der Waals surface area contributed by atoms with Gasteiger partial charge in [0.15, 0.2) is 0 Å². The zero-order chi connectivity index (χ0) is 10.5. The highest BCUT2D eigenvalue weighted by Gasteiger charge is 2.06. The molecule has 0 aliphatic carbocycles. The average Bonchev–Trinajstić information content (AvgIpc) is 2.31. The Morgan fingerprint density at radius 2 is 1.75 bits per heavy atom. The summed E-state index contributed by atoms with van der Waals surface area (Å²) in [4.78, 5) is 2.42. The summed E-state index contributed by atoms with van der Waals surface area (Å²) < 4.78 is 0. The summed E-state index contributed by atoms with van der Waals surface area (Å²) in [5, 5.41) is 8.93. The Bertz CT molecular complexity index is 334. The van der Waals surface area contributed by atoms with Crippen LogP contribution >= 0.6 is 12.4 Å². The first-order valence-electron chi connectivity index (χ1n) is 5.44. The van der Waals surface area contributed by atoms with Crippen LogP contribution in [-0.2, 0) is 13.2 Å². The van der Waals surface area contributed by atoms with E-state index in [1.165, 1.54) is 5.56 Å². The predicted molar refractivity (Wildman–Crippen MR) is 68.6 cm³/mol. The zero-order valence-corrected chi connectivity index (χ0v) is 10.1. The Balaban J connectivity index is 0.00000128. The van der Waals surface area contributed by atoms with Crippen LogP contribution in [-0.4, -0.2) is 23.1 Å². The van der Waals surface area contributed by atoms with Crippen molar-refractivity contribution < 1.29 is 5.11 Å². The minimum absolute atomic E-state index is 0. The Hall–Kier alpha value is -0.830. The summed E-state index contributed by atoms with van der Waals surface area (Å²) in [6, 6.07) is 8.19. The average molecular weight is 240 g/mol. The number of aliphatic hydroxyl groups is 1. The van der Waals surface area contributed by atoms with Crippen molar-refractivity contribution in [3.8, 4) is 0 Å². The third-order valence-electron chi connectivity index (χ3n) is 2.75. The molecule has 0 radical (unpaired) electrons. The number of benzene rings is 1. The molecular weight excluding hydrogens is 222 g/mol. The molecule has 0 atom stereocenters. The van der Waals surface area contributed by atoms with E-state index in [0.29, 0.717) is 0 Å². The summed E-state index contributed by atoms with van der Waals surface area (Å²) in [6.45, 7) is 3.35. The highest BCUT2D eigenvalue weighted by Crippen LogP contribution is 2.10. The number of nitrogens with zero attached hydrogens (tertiary/aromatic N) is 1. The molecule has 0 unspecified atom stereocenters. The highest BCUT2D eigenvalue weighted by atomic mass is 35.5. The first-order chi connectivity index (χ1) is 7.38. The Kier molecular flexibility index (Phi) is 5.53. The van der Waals surface area contributed by atoms with Gasteiger partial charge in [0.25, 0.3) is 0 Å². The van der Waals surface area contributed by atoms with Crippen molar-refractivity contribution in [1.29, 1.82) is 0 Å². The van der Waals surface area contributed by atoms with E-state index in [1.54, 1.807) is 0 Å². The second kappa shape index (κ2) is 6.69. The Morgan fingerprint density at radius 1 is 1.06 bits per heavy atom. The van der Waals surface area contributed by atoms with Crippen molar-refractivity contribution in [2.75, 3.05) is 13.1 Å². The van der Waals surface area contributed by atoms with E-state index in [9.17, 15) is 0 Å². The van der Waals surface area contributed by atoms with E-state index in [4.69, 9.17) is 5.11 Å². The lowest BCUT2D eigenvalue weighted by molar-refractivity contribution is 0.281. The standard InChI is InChI=1S/C13H17NO.ClH/c15-11-13-6-4-12(5-7-13)10-14-8-2-1-3-9-14;/h1-2,4-7,15H,3,8-11H2;1H. The molecule has 3 heteroatoms. The minimum atomic E-state index is 0. The van der Waals surface area contributed by atoms with Crippen molar-refractivity contribution in [2.24, 2.45) is 0 Å². The number of aliphatic hydroxyl groups excluding tert-OH is 1. The van der Waals surface area contributed by atoms with Crippen molar-refractivity contribution >= 4 is 12.4 Å². The normalized spacial score (nSPS) is 15.8. The molecule has 0 saturated heterocycles. The van der Waals surface area contributed by atoms with E-state index >= 15 is 0 Å². The van der Waals surface area contributed by atoms with E-state index in [2.05, 4.69) is 29.2 Å². The lowest BCUT2D eigenvalue weighted by Crippen LogP contribution is -2.26. The van der Waals surface area contributed by atoms with Crippen molar-refractivity contribution in [1.82, 2.24) is 4.90 Å². The van der Waals surface area contributed by atoms with Gasteiger partial charge in [-0.25, -0.2) is 0 Å². The zero-order valence-electron chi connectivity index (χ0n) is 9.30. The van der Waals surface area contributed by atoms with Gasteiger partial charge in [0.1, 0.15) is 0 Å². The van der Waals surface area contributed by atoms with Gasteiger partial charge >= 0.3 is 0 Å². The van der Waals surface area contributed by atoms with E-state index in [-0.39, 0.29) is 19.0 Å². The molecule has 0 bridgehead atoms. The lowest BCUT2D eigenvalue weighted by Gasteiger charge is -2.22. The second-order valence-electron chi connectivity index (χ2n) is 3.97. The maximum atomic E-state index is 8.93. The second-order valence-corrected chi connectivity index (χ2v) is 3.97. The van der Waals surface area contributed by atoms with E-state index in [0.717, 1.165) is 31.6 Å². The van der Waals surface area contributed by atoms with Gasteiger partial charge in [-0.3, -0.25) is 4.90 Å². The topological polar surface area (TPSA) is 23.5 Å². The molecule has 88 valence electrons. The van der Waals surface area contributed by atoms with Crippen LogP contribution in [0.3, 0.4) is 0 Å². The lowest BCUT2D eigenvalue weighted by atomic mass is 10.1. The van der Waals surface area contributed by atoms with Gasteiger partial charge < -0.3 is 5.11 Å². The van der Waals surface area contributed by atoms with Gasteiger partial charge in [0.2, 0.25) is 0 Å². The van der Waals surface area contributed by atoms with Crippen LogP contribution in [0.5, 0.6) is 0 Å².